The molecular formula is C14H21FN2. The van der Waals surface area contributed by atoms with Crippen LogP contribution in [-0.4, -0.2) is 26.2 Å². The van der Waals surface area contributed by atoms with Gasteiger partial charge in [-0.1, -0.05) is 25.0 Å². The topological polar surface area (TPSA) is 15.3 Å². The van der Waals surface area contributed by atoms with Gasteiger partial charge in [-0.05, 0) is 31.5 Å². The molecule has 1 aromatic carbocycles. The van der Waals surface area contributed by atoms with Crippen molar-refractivity contribution in [2.24, 2.45) is 0 Å². The number of nitrogens with one attached hydrogen (secondary N) is 1. The van der Waals surface area contributed by atoms with Gasteiger partial charge in [0.05, 0.1) is 5.69 Å². The molecule has 1 unspecified atom stereocenters. The van der Waals surface area contributed by atoms with Gasteiger partial charge in [0.2, 0.25) is 0 Å². The first kappa shape index (κ1) is 12.4. The average Bonchev–Trinajstić information content (AvgIpc) is 2.58. The van der Waals surface area contributed by atoms with Crippen molar-refractivity contribution in [1.82, 2.24) is 5.32 Å². The zero-order valence-electron chi connectivity index (χ0n) is 10.5. The molecule has 1 atom stereocenters. The summed E-state index contributed by atoms with van der Waals surface area (Å²) in [6, 6.07) is 7.46. The van der Waals surface area contributed by atoms with Crippen molar-refractivity contribution < 1.29 is 4.39 Å². The SMILES string of the molecule is CN(CC1CCCCCN1)c1ccccc1F. The van der Waals surface area contributed by atoms with Crippen molar-refractivity contribution >= 4 is 5.69 Å². The molecule has 1 aromatic rings. The van der Waals surface area contributed by atoms with Crippen LogP contribution in [0.1, 0.15) is 25.7 Å². The van der Waals surface area contributed by atoms with Crippen LogP contribution >= 0.6 is 0 Å². The molecule has 2 rings (SSSR count). The Kier molecular flexibility index (Phi) is 4.37. The van der Waals surface area contributed by atoms with Crippen molar-refractivity contribution in [3.63, 3.8) is 0 Å². The van der Waals surface area contributed by atoms with Gasteiger partial charge in [-0.3, -0.25) is 0 Å². The Hall–Kier alpha value is -1.09. The Balaban J connectivity index is 1.96. The maximum atomic E-state index is 13.6. The summed E-state index contributed by atoms with van der Waals surface area (Å²) >= 11 is 0. The van der Waals surface area contributed by atoms with E-state index in [9.17, 15) is 4.39 Å². The number of likely N-dealkylation sites (N-methyl/N-ethyl adjacent to an activating group) is 1. The third-order valence-corrected chi connectivity index (χ3v) is 3.42. The van der Waals surface area contributed by atoms with E-state index in [0.717, 1.165) is 13.1 Å². The number of anilines is 1. The third-order valence-electron chi connectivity index (χ3n) is 3.42. The smallest absolute Gasteiger partial charge is 0.146 e. The van der Waals surface area contributed by atoms with E-state index >= 15 is 0 Å². The monoisotopic (exact) mass is 236 g/mol. The lowest BCUT2D eigenvalue weighted by molar-refractivity contribution is 0.506. The number of hydrogen-bond acceptors (Lipinski definition) is 2. The second kappa shape index (κ2) is 6.01. The lowest BCUT2D eigenvalue weighted by Gasteiger charge is -2.25. The maximum absolute atomic E-state index is 13.6. The lowest BCUT2D eigenvalue weighted by Crippen LogP contribution is -2.39. The van der Waals surface area contributed by atoms with Crippen LogP contribution in [0, 0.1) is 5.82 Å². The van der Waals surface area contributed by atoms with E-state index in [4.69, 9.17) is 0 Å². The van der Waals surface area contributed by atoms with Crippen LogP contribution in [0.3, 0.4) is 0 Å². The standard InChI is InChI=1S/C14H21FN2/c1-17(14-9-5-4-8-13(14)15)11-12-7-3-2-6-10-16-12/h4-5,8-9,12,16H,2-3,6-7,10-11H2,1H3. The molecule has 0 radical (unpaired) electrons. The highest BCUT2D eigenvalue weighted by Gasteiger charge is 2.15. The van der Waals surface area contributed by atoms with Gasteiger partial charge in [-0.15, -0.1) is 0 Å². The Bertz CT molecular complexity index is 346. The molecule has 0 spiro atoms. The van der Waals surface area contributed by atoms with E-state index in [1.165, 1.54) is 31.7 Å². The summed E-state index contributed by atoms with van der Waals surface area (Å²) in [5.41, 5.74) is 0.693. The van der Waals surface area contributed by atoms with Crippen molar-refractivity contribution in [3.8, 4) is 0 Å². The van der Waals surface area contributed by atoms with E-state index in [2.05, 4.69) is 5.32 Å². The minimum absolute atomic E-state index is 0.136. The molecule has 0 aromatic heterocycles. The fourth-order valence-corrected chi connectivity index (χ4v) is 2.45. The van der Waals surface area contributed by atoms with Crippen LogP contribution in [0.25, 0.3) is 0 Å². The largest absolute Gasteiger partial charge is 0.371 e. The van der Waals surface area contributed by atoms with Gasteiger partial charge in [-0.25, -0.2) is 4.39 Å². The van der Waals surface area contributed by atoms with Gasteiger partial charge in [-0.2, -0.15) is 0 Å². The predicted molar refractivity (Wildman–Crippen MR) is 69.9 cm³/mol. The normalized spacial score (nSPS) is 20.9. The second-order valence-corrected chi connectivity index (χ2v) is 4.83. The highest BCUT2D eigenvalue weighted by molar-refractivity contribution is 5.46. The molecule has 1 heterocycles. The summed E-state index contributed by atoms with van der Waals surface area (Å²) in [6.45, 7) is 1.97. The molecule has 1 fully saturated rings. The van der Waals surface area contributed by atoms with E-state index in [1.807, 2.05) is 24.1 Å². The quantitative estimate of drug-likeness (QED) is 0.868. The second-order valence-electron chi connectivity index (χ2n) is 4.83. The molecule has 2 nitrogen and oxygen atoms in total. The molecule has 0 saturated carbocycles. The van der Waals surface area contributed by atoms with Gasteiger partial charge >= 0.3 is 0 Å². The fraction of sp³-hybridized carbons (Fsp3) is 0.571. The highest BCUT2D eigenvalue weighted by Crippen LogP contribution is 2.18. The number of benzene rings is 1. The van der Waals surface area contributed by atoms with Gasteiger partial charge < -0.3 is 10.2 Å². The van der Waals surface area contributed by atoms with Gasteiger partial charge in [0.1, 0.15) is 5.82 Å². The van der Waals surface area contributed by atoms with Crippen LogP contribution in [0.4, 0.5) is 10.1 Å². The molecule has 3 heteroatoms. The zero-order valence-corrected chi connectivity index (χ0v) is 10.5. The van der Waals surface area contributed by atoms with E-state index in [-0.39, 0.29) is 5.82 Å². The van der Waals surface area contributed by atoms with Crippen molar-refractivity contribution in [3.05, 3.63) is 30.1 Å². The number of para-hydroxylation sites is 1. The average molecular weight is 236 g/mol. The van der Waals surface area contributed by atoms with Gasteiger partial charge in [0.15, 0.2) is 0 Å². The van der Waals surface area contributed by atoms with Crippen molar-refractivity contribution in [2.45, 2.75) is 31.7 Å². The molecule has 1 N–H and O–H groups in total. The number of halogens is 1. The van der Waals surface area contributed by atoms with Crippen LogP contribution in [-0.2, 0) is 0 Å². The fourth-order valence-electron chi connectivity index (χ4n) is 2.45. The maximum Gasteiger partial charge on any atom is 0.146 e. The summed E-state index contributed by atoms with van der Waals surface area (Å²) in [7, 11) is 1.96. The minimum atomic E-state index is -0.136. The lowest BCUT2D eigenvalue weighted by atomic mass is 10.1. The van der Waals surface area contributed by atoms with E-state index in [0.29, 0.717) is 11.7 Å². The van der Waals surface area contributed by atoms with Crippen LogP contribution in [0.5, 0.6) is 0 Å². The highest BCUT2D eigenvalue weighted by atomic mass is 19.1. The first-order valence-electron chi connectivity index (χ1n) is 6.46. The number of nitrogens with zero attached hydrogens (tertiary/aromatic N) is 1. The molecule has 1 aliphatic rings. The molecule has 17 heavy (non-hydrogen) atoms. The molecular weight excluding hydrogens is 215 g/mol. The van der Waals surface area contributed by atoms with Crippen LogP contribution in [0.2, 0.25) is 0 Å². The Labute approximate surface area is 103 Å². The number of hydrogen-bond donors (Lipinski definition) is 1. The number of rotatable bonds is 3. The van der Waals surface area contributed by atoms with E-state index < -0.39 is 0 Å². The third kappa shape index (κ3) is 3.43. The van der Waals surface area contributed by atoms with Gasteiger partial charge in [0.25, 0.3) is 0 Å². The Morgan fingerprint density at radius 2 is 2.12 bits per heavy atom. The van der Waals surface area contributed by atoms with Crippen molar-refractivity contribution in [2.75, 3.05) is 25.0 Å². The summed E-state index contributed by atoms with van der Waals surface area (Å²) < 4.78 is 13.6. The Morgan fingerprint density at radius 3 is 2.94 bits per heavy atom. The van der Waals surface area contributed by atoms with Crippen LogP contribution < -0.4 is 10.2 Å². The predicted octanol–water partition coefficient (Wildman–Crippen LogP) is 2.79. The summed E-state index contributed by atoms with van der Waals surface area (Å²) in [4.78, 5) is 2.01. The van der Waals surface area contributed by atoms with Gasteiger partial charge in [0, 0.05) is 19.6 Å². The summed E-state index contributed by atoms with van der Waals surface area (Å²) in [6.07, 6.45) is 5.05. The van der Waals surface area contributed by atoms with E-state index in [1.54, 1.807) is 6.07 Å². The van der Waals surface area contributed by atoms with Crippen molar-refractivity contribution in [1.29, 1.82) is 0 Å². The van der Waals surface area contributed by atoms with Crippen LogP contribution in [0.15, 0.2) is 24.3 Å². The molecule has 0 amide bonds. The molecule has 0 aliphatic carbocycles. The minimum Gasteiger partial charge on any atom is -0.371 e. The zero-order chi connectivity index (χ0) is 12.1. The molecule has 94 valence electrons. The molecule has 0 bridgehead atoms. The Morgan fingerprint density at radius 1 is 1.29 bits per heavy atom. The summed E-state index contributed by atoms with van der Waals surface area (Å²) in [5, 5.41) is 3.54. The first-order valence-corrected chi connectivity index (χ1v) is 6.46. The summed E-state index contributed by atoms with van der Waals surface area (Å²) in [5.74, 6) is -0.136. The first-order chi connectivity index (χ1) is 8.27. The molecule has 1 saturated heterocycles. The molecule has 1 aliphatic heterocycles.